The molecule has 0 atom stereocenters. The molecule has 0 radical (unpaired) electrons. The number of pyridine rings is 1. The van der Waals surface area contributed by atoms with Crippen LogP contribution in [0.25, 0.3) is 5.65 Å². The number of benzene rings is 1. The lowest BCUT2D eigenvalue weighted by atomic mass is 10.3. The summed E-state index contributed by atoms with van der Waals surface area (Å²) < 4.78 is 2.06. The van der Waals surface area contributed by atoms with Crippen LogP contribution in [0.4, 0.5) is 0 Å². The monoisotopic (exact) mass is 256 g/mol. The lowest BCUT2D eigenvalue weighted by Crippen LogP contribution is -1.89. The molecule has 4 heteroatoms. The van der Waals surface area contributed by atoms with E-state index >= 15 is 0 Å². The summed E-state index contributed by atoms with van der Waals surface area (Å²) in [5, 5.41) is 9.71. The van der Waals surface area contributed by atoms with Crippen LogP contribution in [0, 0.1) is 0 Å². The Morgan fingerprint density at radius 1 is 1.11 bits per heavy atom. The Balaban J connectivity index is 1.83. The topological polar surface area (TPSA) is 37.5 Å². The smallest absolute Gasteiger partial charge is 0.136 e. The molecule has 1 aromatic carbocycles. The first-order valence-corrected chi connectivity index (χ1v) is 6.65. The number of aromatic nitrogens is 2. The van der Waals surface area contributed by atoms with Crippen molar-refractivity contribution in [2.75, 3.05) is 0 Å². The van der Waals surface area contributed by atoms with Gasteiger partial charge >= 0.3 is 0 Å². The number of hydrogen-bond acceptors (Lipinski definition) is 3. The van der Waals surface area contributed by atoms with Crippen molar-refractivity contribution in [3.63, 3.8) is 0 Å². The molecular formula is C14H12N2OS. The van der Waals surface area contributed by atoms with E-state index < -0.39 is 0 Å². The van der Waals surface area contributed by atoms with Crippen LogP contribution < -0.4 is 0 Å². The van der Waals surface area contributed by atoms with E-state index in [1.807, 2.05) is 48.8 Å². The van der Waals surface area contributed by atoms with Crippen LogP contribution in [0.5, 0.6) is 5.75 Å². The fourth-order valence-electron chi connectivity index (χ4n) is 1.82. The van der Waals surface area contributed by atoms with Gasteiger partial charge in [-0.1, -0.05) is 18.2 Å². The van der Waals surface area contributed by atoms with Crippen LogP contribution in [-0.2, 0) is 5.75 Å². The van der Waals surface area contributed by atoms with Crippen molar-refractivity contribution in [3.8, 4) is 5.75 Å². The average molecular weight is 256 g/mol. The van der Waals surface area contributed by atoms with Gasteiger partial charge in [-0.2, -0.15) is 0 Å². The molecule has 0 aliphatic heterocycles. The predicted molar refractivity (Wildman–Crippen MR) is 72.9 cm³/mol. The highest BCUT2D eigenvalue weighted by Crippen LogP contribution is 2.30. The van der Waals surface area contributed by atoms with E-state index in [2.05, 4.69) is 9.38 Å². The number of phenols is 1. The van der Waals surface area contributed by atoms with E-state index in [1.54, 1.807) is 17.8 Å². The van der Waals surface area contributed by atoms with Crippen LogP contribution in [0.2, 0.25) is 0 Å². The van der Waals surface area contributed by atoms with Crippen molar-refractivity contribution in [3.05, 3.63) is 60.6 Å². The summed E-state index contributed by atoms with van der Waals surface area (Å²) >= 11 is 1.61. The second kappa shape index (κ2) is 4.74. The minimum Gasteiger partial charge on any atom is -0.507 e. The van der Waals surface area contributed by atoms with Gasteiger partial charge in [-0.25, -0.2) is 4.98 Å². The van der Waals surface area contributed by atoms with Crippen molar-refractivity contribution < 1.29 is 5.11 Å². The summed E-state index contributed by atoms with van der Waals surface area (Å²) in [6, 6.07) is 13.3. The number of hydrogen-bond donors (Lipinski definition) is 1. The summed E-state index contributed by atoms with van der Waals surface area (Å²) in [5.41, 5.74) is 2.07. The maximum Gasteiger partial charge on any atom is 0.136 e. The number of fused-ring (bicyclic) bond motifs is 1. The molecule has 0 unspecified atom stereocenters. The van der Waals surface area contributed by atoms with Crippen molar-refractivity contribution >= 4 is 17.4 Å². The van der Waals surface area contributed by atoms with Gasteiger partial charge in [0.25, 0.3) is 0 Å². The Labute approximate surface area is 109 Å². The normalized spacial score (nSPS) is 10.9. The number of nitrogens with zero attached hydrogens (tertiary/aromatic N) is 2. The first-order valence-electron chi connectivity index (χ1n) is 5.66. The van der Waals surface area contributed by atoms with Crippen LogP contribution in [0.3, 0.4) is 0 Å². The van der Waals surface area contributed by atoms with Crippen molar-refractivity contribution in [2.24, 2.45) is 0 Å². The standard InChI is InChI=1S/C14H12N2OS/c17-12-5-1-2-6-13(12)18-10-11-9-15-14-7-3-4-8-16(11)14/h1-9,17H,10H2. The average Bonchev–Trinajstić information content (AvgIpc) is 2.81. The Morgan fingerprint density at radius 2 is 1.94 bits per heavy atom. The molecule has 18 heavy (non-hydrogen) atoms. The van der Waals surface area contributed by atoms with Crippen LogP contribution >= 0.6 is 11.8 Å². The van der Waals surface area contributed by atoms with Crippen molar-refractivity contribution in [1.29, 1.82) is 0 Å². The lowest BCUT2D eigenvalue weighted by Gasteiger charge is -2.04. The molecule has 2 heterocycles. The third kappa shape index (κ3) is 2.07. The molecule has 3 rings (SSSR count). The maximum absolute atomic E-state index is 9.71. The van der Waals surface area contributed by atoms with E-state index in [0.717, 1.165) is 22.0 Å². The minimum absolute atomic E-state index is 0.330. The van der Waals surface area contributed by atoms with Gasteiger partial charge in [0.1, 0.15) is 11.4 Å². The number of aromatic hydroxyl groups is 1. The zero-order chi connectivity index (χ0) is 12.4. The number of thioether (sulfide) groups is 1. The van der Waals surface area contributed by atoms with E-state index in [-0.39, 0.29) is 0 Å². The number of para-hydroxylation sites is 1. The molecule has 0 saturated heterocycles. The Bertz CT molecular complexity index is 678. The van der Waals surface area contributed by atoms with Gasteiger partial charge < -0.3 is 9.51 Å². The number of imidazole rings is 1. The van der Waals surface area contributed by atoms with Gasteiger partial charge in [0.05, 0.1) is 11.9 Å². The predicted octanol–water partition coefficient (Wildman–Crippen LogP) is 3.33. The Hall–Kier alpha value is -1.94. The van der Waals surface area contributed by atoms with Gasteiger partial charge in [-0.05, 0) is 24.3 Å². The van der Waals surface area contributed by atoms with Crippen molar-refractivity contribution in [1.82, 2.24) is 9.38 Å². The zero-order valence-corrected chi connectivity index (χ0v) is 10.5. The molecule has 3 nitrogen and oxygen atoms in total. The van der Waals surface area contributed by atoms with Gasteiger partial charge in [-0.15, -0.1) is 11.8 Å². The summed E-state index contributed by atoms with van der Waals surface area (Å²) in [6.07, 6.45) is 3.88. The lowest BCUT2D eigenvalue weighted by molar-refractivity contribution is 0.462. The van der Waals surface area contributed by atoms with Gasteiger partial charge in [0.15, 0.2) is 0 Å². The molecule has 0 spiro atoms. The SMILES string of the molecule is Oc1ccccc1SCc1cnc2ccccn12. The molecule has 0 amide bonds. The highest BCUT2D eigenvalue weighted by atomic mass is 32.2. The molecule has 90 valence electrons. The summed E-state index contributed by atoms with van der Waals surface area (Å²) in [4.78, 5) is 5.23. The van der Waals surface area contributed by atoms with E-state index in [0.29, 0.717) is 5.75 Å². The molecule has 2 aromatic heterocycles. The second-order valence-electron chi connectivity index (χ2n) is 3.93. The fourth-order valence-corrected chi connectivity index (χ4v) is 2.73. The first-order chi connectivity index (χ1) is 8.84. The van der Waals surface area contributed by atoms with E-state index in [9.17, 15) is 5.11 Å². The van der Waals surface area contributed by atoms with Crippen LogP contribution in [0.15, 0.2) is 59.8 Å². The van der Waals surface area contributed by atoms with E-state index in [4.69, 9.17) is 0 Å². The number of rotatable bonds is 3. The van der Waals surface area contributed by atoms with Gasteiger partial charge in [0, 0.05) is 16.8 Å². The summed E-state index contributed by atoms with van der Waals surface area (Å²) in [5.74, 6) is 1.11. The number of phenolic OH excluding ortho intramolecular Hbond substituents is 1. The van der Waals surface area contributed by atoms with Gasteiger partial charge in [-0.3, -0.25) is 0 Å². The molecule has 0 fully saturated rings. The molecule has 3 aromatic rings. The maximum atomic E-state index is 9.71. The van der Waals surface area contributed by atoms with Gasteiger partial charge in [0.2, 0.25) is 0 Å². The molecule has 0 bridgehead atoms. The second-order valence-corrected chi connectivity index (χ2v) is 4.95. The molecule has 1 N–H and O–H groups in total. The quantitative estimate of drug-likeness (QED) is 0.730. The highest BCUT2D eigenvalue weighted by molar-refractivity contribution is 7.98. The zero-order valence-electron chi connectivity index (χ0n) is 9.65. The molecule has 0 aliphatic carbocycles. The third-order valence-corrected chi connectivity index (χ3v) is 3.83. The van der Waals surface area contributed by atoms with Crippen LogP contribution in [-0.4, -0.2) is 14.5 Å². The molecule has 0 aliphatic rings. The Kier molecular flexibility index (Phi) is 2.94. The van der Waals surface area contributed by atoms with Crippen molar-refractivity contribution in [2.45, 2.75) is 10.6 Å². The Morgan fingerprint density at radius 3 is 2.83 bits per heavy atom. The molecule has 0 saturated carbocycles. The highest BCUT2D eigenvalue weighted by Gasteiger charge is 2.05. The van der Waals surface area contributed by atoms with Crippen LogP contribution in [0.1, 0.15) is 5.69 Å². The summed E-state index contributed by atoms with van der Waals surface area (Å²) in [7, 11) is 0. The largest absolute Gasteiger partial charge is 0.507 e. The first kappa shape index (κ1) is 11.2. The van der Waals surface area contributed by atoms with E-state index in [1.165, 1.54) is 0 Å². The third-order valence-electron chi connectivity index (χ3n) is 2.73. The minimum atomic E-state index is 0.330. The summed E-state index contributed by atoms with van der Waals surface area (Å²) in [6.45, 7) is 0. The fraction of sp³-hybridized carbons (Fsp3) is 0.0714. The molecular weight excluding hydrogens is 244 g/mol.